The third kappa shape index (κ3) is 5.67. The van der Waals surface area contributed by atoms with E-state index in [0.717, 1.165) is 5.56 Å². The van der Waals surface area contributed by atoms with E-state index in [1.54, 1.807) is 24.3 Å². The zero-order valence-electron chi connectivity index (χ0n) is 12.3. The van der Waals surface area contributed by atoms with Crippen LogP contribution in [0, 0.1) is 15.5 Å². The van der Waals surface area contributed by atoms with Gasteiger partial charge in [0.1, 0.15) is 5.75 Å². The number of rotatable bonds is 5. The summed E-state index contributed by atoms with van der Waals surface area (Å²) in [6, 6.07) is 12.0. The van der Waals surface area contributed by atoms with E-state index in [-0.39, 0.29) is 33.6 Å². The number of benzene rings is 2. The number of ether oxygens (including phenoxy) is 1. The molecule has 0 fully saturated rings. The number of non-ortho nitro benzene ring substituents is 1. The smallest absolute Gasteiger partial charge is 0.343 e. The molecule has 0 aliphatic carbocycles. The Labute approximate surface area is 152 Å². The highest BCUT2D eigenvalue weighted by atomic mass is 79.9. The number of nitrogens with two attached hydrogens (primary N) is 1. The average molecular weight is 412 g/mol. The van der Waals surface area contributed by atoms with Crippen molar-refractivity contribution < 1.29 is 14.5 Å². The number of hydrogen-bond donors (Lipinski definition) is 2. The van der Waals surface area contributed by atoms with Crippen LogP contribution < -0.4 is 10.5 Å². The van der Waals surface area contributed by atoms with Crippen molar-refractivity contribution in [1.82, 2.24) is 0 Å². The van der Waals surface area contributed by atoms with E-state index in [2.05, 4.69) is 0 Å². The molecule has 0 unspecified atom stereocenters. The van der Waals surface area contributed by atoms with Gasteiger partial charge in [0.25, 0.3) is 5.69 Å². The minimum Gasteiger partial charge on any atom is -0.423 e. The molecule has 0 atom stereocenters. The number of esters is 1. The lowest BCUT2D eigenvalue weighted by Crippen LogP contribution is -2.08. The van der Waals surface area contributed by atoms with Crippen molar-refractivity contribution in [2.75, 3.05) is 0 Å². The van der Waals surface area contributed by atoms with E-state index in [0.29, 0.717) is 11.3 Å². The largest absolute Gasteiger partial charge is 0.423 e. The molecule has 2 aromatic carbocycles. The lowest BCUT2D eigenvalue weighted by atomic mass is 10.1. The summed E-state index contributed by atoms with van der Waals surface area (Å²) in [6.45, 7) is 0. The first-order chi connectivity index (χ1) is 11.0. The van der Waals surface area contributed by atoms with Crippen LogP contribution >= 0.6 is 28.7 Å². The number of nitro benzene ring substituents is 1. The predicted molar refractivity (Wildman–Crippen MR) is 98.0 cm³/mol. The fraction of sp³-hybridized carbons (Fsp3) is 0.0667. The molecule has 7 nitrogen and oxygen atoms in total. The van der Waals surface area contributed by atoms with Crippen molar-refractivity contribution in [2.24, 2.45) is 5.73 Å². The third-order valence-electron chi connectivity index (χ3n) is 2.84. The zero-order chi connectivity index (χ0) is 16.8. The van der Waals surface area contributed by atoms with Crippen molar-refractivity contribution in [3.05, 3.63) is 69.8 Å². The maximum absolute atomic E-state index is 12.0. The van der Waals surface area contributed by atoms with Gasteiger partial charge in [-0.2, -0.15) is 0 Å². The number of hydrogen-bond acceptors (Lipinski definition) is 6. The molecule has 0 aliphatic rings. The summed E-state index contributed by atoms with van der Waals surface area (Å²) in [7, 11) is 0. The molecule has 9 heteroatoms. The van der Waals surface area contributed by atoms with Gasteiger partial charge in [-0.25, -0.2) is 4.79 Å². The Morgan fingerprint density at radius 3 is 2.25 bits per heavy atom. The van der Waals surface area contributed by atoms with Gasteiger partial charge < -0.3 is 10.5 Å². The average Bonchev–Trinajstić information content (AvgIpc) is 2.54. The predicted octanol–water partition coefficient (Wildman–Crippen LogP) is 3.52. The summed E-state index contributed by atoms with van der Waals surface area (Å²) in [6.07, 6.45) is 0. The Hall–Kier alpha value is -2.39. The summed E-state index contributed by atoms with van der Waals surface area (Å²) in [5, 5.41) is 17.7. The number of halogens is 1. The molecule has 126 valence electrons. The summed E-state index contributed by atoms with van der Waals surface area (Å²) < 4.78 is 5.15. The van der Waals surface area contributed by atoms with Gasteiger partial charge in [-0.1, -0.05) is 23.9 Å². The topological polar surface area (TPSA) is 119 Å². The van der Waals surface area contributed by atoms with Gasteiger partial charge in [-0.15, -0.1) is 17.0 Å². The summed E-state index contributed by atoms with van der Waals surface area (Å²) in [4.78, 5) is 22.0. The Kier molecular flexibility index (Phi) is 7.40. The SMILES string of the molecule is Br.N=C(N)SCc1ccc(C(=O)Oc2ccc([N+](=O)[O-])cc2)cc1. The fourth-order valence-electron chi connectivity index (χ4n) is 1.70. The van der Waals surface area contributed by atoms with Crippen molar-refractivity contribution in [3.63, 3.8) is 0 Å². The molecule has 24 heavy (non-hydrogen) atoms. The maximum Gasteiger partial charge on any atom is 0.343 e. The summed E-state index contributed by atoms with van der Waals surface area (Å²) in [5.41, 5.74) is 6.48. The number of nitrogens with zero attached hydrogens (tertiary/aromatic N) is 1. The van der Waals surface area contributed by atoms with Crippen LogP contribution in [-0.4, -0.2) is 16.1 Å². The van der Waals surface area contributed by atoms with Gasteiger partial charge in [-0.05, 0) is 29.8 Å². The molecular formula is C15H14BrN3O4S. The van der Waals surface area contributed by atoms with Crippen molar-refractivity contribution >= 4 is 45.6 Å². The normalized spacial score (nSPS) is 9.67. The number of carbonyl (C=O) groups excluding carboxylic acids is 1. The van der Waals surface area contributed by atoms with Gasteiger partial charge in [0, 0.05) is 17.9 Å². The van der Waals surface area contributed by atoms with Crippen LogP contribution in [0.2, 0.25) is 0 Å². The van der Waals surface area contributed by atoms with E-state index in [4.69, 9.17) is 15.9 Å². The van der Waals surface area contributed by atoms with E-state index in [1.165, 1.54) is 36.0 Å². The Bertz CT molecular complexity index is 735. The molecule has 0 radical (unpaired) electrons. The molecule has 0 bridgehead atoms. The molecule has 0 amide bonds. The third-order valence-corrected chi connectivity index (χ3v) is 3.63. The van der Waals surface area contributed by atoms with Crippen LogP contribution in [-0.2, 0) is 5.75 Å². The standard InChI is InChI=1S/C15H13N3O4S.BrH/c16-15(17)23-9-10-1-3-11(4-2-10)14(19)22-13-7-5-12(6-8-13)18(20)21;/h1-8H,9H2,(H3,16,17);1H. The minimum atomic E-state index is -0.551. The van der Waals surface area contributed by atoms with Crippen LogP contribution in [0.5, 0.6) is 5.75 Å². The highest BCUT2D eigenvalue weighted by Gasteiger charge is 2.10. The van der Waals surface area contributed by atoms with Gasteiger partial charge in [0.15, 0.2) is 5.17 Å². The molecular weight excluding hydrogens is 398 g/mol. The molecule has 0 saturated carbocycles. The number of nitro groups is 1. The van der Waals surface area contributed by atoms with E-state index < -0.39 is 10.9 Å². The van der Waals surface area contributed by atoms with Gasteiger partial charge in [0.05, 0.1) is 10.5 Å². The van der Waals surface area contributed by atoms with Gasteiger partial charge in [0.2, 0.25) is 0 Å². The van der Waals surface area contributed by atoms with Crippen molar-refractivity contribution in [2.45, 2.75) is 5.75 Å². The first-order valence-corrected chi connectivity index (χ1v) is 7.46. The first-order valence-electron chi connectivity index (χ1n) is 6.48. The van der Waals surface area contributed by atoms with Crippen LogP contribution in [0.4, 0.5) is 5.69 Å². The Morgan fingerprint density at radius 2 is 1.75 bits per heavy atom. The molecule has 0 heterocycles. The Balaban J connectivity index is 0.00000288. The monoisotopic (exact) mass is 411 g/mol. The zero-order valence-corrected chi connectivity index (χ0v) is 14.8. The van der Waals surface area contributed by atoms with Crippen LogP contribution in [0.3, 0.4) is 0 Å². The highest BCUT2D eigenvalue weighted by Crippen LogP contribution is 2.19. The van der Waals surface area contributed by atoms with Crippen LogP contribution in [0.1, 0.15) is 15.9 Å². The number of nitrogens with one attached hydrogen (secondary N) is 1. The quantitative estimate of drug-likeness (QED) is 0.194. The lowest BCUT2D eigenvalue weighted by molar-refractivity contribution is -0.384. The van der Waals surface area contributed by atoms with Gasteiger partial charge in [-0.3, -0.25) is 15.5 Å². The maximum atomic E-state index is 12.0. The molecule has 2 aromatic rings. The molecule has 0 aliphatic heterocycles. The minimum absolute atomic E-state index is 0. The Morgan fingerprint density at radius 1 is 1.17 bits per heavy atom. The summed E-state index contributed by atoms with van der Waals surface area (Å²) >= 11 is 1.19. The second-order valence-corrected chi connectivity index (χ2v) is 5.51. The van der Waals surface area contributed by atoms with Crippen molar-refractivity contribution in [3.8, 4) is 5.75 Å². The van der Waals surface area contributed by atoms with Crippen molar-refractivity contribution in [1.29, 1.82) is 5.41 Å². The van der Waals surface area contributed by atoms with Gasteiger partial charge >= 0.3 is 5.97 Å². The molecule has 0 spiro atoms. The van der Waals surface area contributed by atoms with E-state index in [9.17, 15) is 14.9 Å². The fourth-order valence-corrected chi connectivity index (χ4v) is 2.21. The van der Waals surface area contributed by atoms with E-state index >= 15 is 0 Å². The molecule has 0 saturated heterocycles. The number of carbonyl (C=O) groups is 1. The van der Waals surface area contributed by atoms with Crippen LogP contribution in [0.15, 0.2) is 48.5 Å². The number of amidine groups is 1. The lowest BCUT2D eigenvalue weighted by Gasteiger charge is -2.05. The molecule has 2 rings (SSSR count). The van der Waals surface area contributed by atoms with E-state index in [1.807, 2.05) is 0 Å². The second kappa shape index (κ2) is 9.04. The first kappa shape index (κ1) is 19.7. The number of thioether (sulfide) groups is 1. The molecule has 0 aromatic heterocycles. The summed E-state index contributed by atoms with van der Waals surface area (Å²) in [5.74, 6) is 0.231. The van der Waals surface area contributed by atoms with Crippen LogP contribution in [0.25, 0.3) is 0 Å². The highest BCUT2D eigenvalue weighted by molar-refractivity contribution is 8.93. The molecule has 3 N–H and O–H groups in total. The second-order valence-electron chi connectivity index (χ2n) is 4.49.